The van der Waals surface area contributed by atoms with Gasteiger partial charge in [-0.3, -0.25) is 14.4 Å². The molecule has 3 amide bonds. The number of anilines is 2. The standard InChI is InChI=1S/C39H34ClN3O6S/c1-47-30-19-17-27(35(24-30)49-3)21-33(43-37(44)26-13-8-5-9-14-26)38(45)41-28-15-10-16-31(22-28)50-36(25-11-6-4-7-12-25)39(46)42-29-18-20-34(48-2)32(40)23-29/h4-24,36H,1-3H3,(H,41,45)(H,42,46)(H,43,44)/b33-21+. The summed E-state index contributed by atoms with van der Waals surface area (Å²) in [6.07, 6.45) is 1.54. The molecule has 0 saturated heterocycles. The third kappa shape index (κ3) is 9.25. The zero-order chi connectivity index (χ0) is 35.5. The van der Waals surface area contributed by atoms with Crippen LogP contribution in [0.1, 0.15) is 26.7 Å². The smallest absolute Gasteiger partial charge is 0.272 e. The Morgan fingerprint density at radius 1 is 0.700 bits per heavy atom. The van der Waals surface area contributed by atoms with Gasteiger partial charge in [0.05, 0.1) is 26.4 Å². The molecule has 0 fully saturated rings. The maximum atomic E-state index is 13.8. The second-order valence-corrected chi connectivity index (χ2v) is 12.3. The first-order valence-electron chi connectivity index (χ1n) is 15.4. The van der Waals surface area contributed by atoms with Gasteiger partial charge in [0.25, 0.3) is 11.8 Å². The average molecular weight is 708 g/mol. The van der Waals surface area contributed by atoms with E-state index in [1.165, 1.54) is 32.1 Å². The lowest BCUT2D eigenvalue weighted by Crippen LogP contribution is -2.30. The molecule has 5 aromatic rings. The van der Waals surface area contributed by atoms with Gasteiger partial charge < -0.3 is 30.2 Å². The van der Waals surface area contributed by atoms with Gasteiger partial charge in [-0.2, -0.15) is 0 Å². The van der Waals surface area contributed by atoms with Crippen LogP contribution in [0.4, 0.5) is 11.4 Å². The van der Waals surface area contributed by atoms with Crippen molar-refractivity contribution < 1.29 is 28.6 Å². The second kappa shape index (κ2) is 17.1. The number of carbonyl (C=O) groups is 3. The Bertz CT molecular complexity index is 2010. The van der Waals surface area contributed by atoms with Crippen LogP contribution < -0.4 is 30.2 Å². The van der Waals surface area contributed by atoms with E-state index in [4.69, 9.17) is 25.8 Å². The van der Waals surface area contributed by atoms with Gasteiger partial charge in [0.2, 0.25) is 5.91 Å². The van der Waals surface area contributed by atoms with Crippen LogP contribution in [0.3, 0.4) is 0 Å². The fourth-order valence-electron chi connectivity index (χ4n) is 4.87. The minimum atomic E-state index is -0.647. The van der Waals surface area contributed by atoms with Crippen molar-refractivity contribution in [1.82, 2.24) is 5.32 Å². The topological polar surface area (TPSA) is 115 Å². The minimum absolute atomic E-state index is 0.0138. The van der Waals surface area contributed by atoms with Gasteiger partial charge in [-0.25, -0.2) is 0 Å². The number of rotatable bonds is 13. The average Bonchev–Trinajstić information content (AvgIpc) is 3.14. The van der Waals surface area contributed by atoms with Crippen molar-refractivity contribution in [2.75, 3.05) is 32.0 Å². The molecule has 0 saturated carbocycles. The van der Waals surface area contributed by atoms with E-state index in [9.17, 15) is 14.4 Å². The Balaban J connectivity index is 1.40. The second-order valence-electron chi connectivity index (χ2n) is 10.7. The highest BCUT2D eigenvalue weighted by Crippen LogP contribution is 2.38. The molecular formula is C39H34ClN3O6S. The van der Waals surface area contributed by atoms with Crippen molar-refractivity contribution in [1.29, 1.82) is 0 Å². The summed E-state index contributed by atoms with van der Waals surface area (Å²) in [7, 11) is 4.57. The largest absolute Gasteiger partial charge is 0.497 e. The number of ether oxygens (including phenoxy) is 3. The summed E-state index contributed by atoms with van der Waals surface area (Å²) in [5.74, 6) is 0.228. The SMILES string of the molecule is COc1ccc(/C=C(/NC(=O)c2ccccc2)C(=O)Nc2cccc(SC(C(=O)Nc3ccc(OC)c(Cl)c3)c3ccccc3)c2)c(OC)c1. The number of methoxy groups -OCH3 is 3. The summed E-state index contributed by atoms with van der Waals surface area (Å²) < 4.78 is 16.1. The van der Waals surface area contributed by atoms with E-state index in [0.717, 1.165) is 10.5 Å². The highest BCUT2D eigenvalue weighted by atomic mass is 35.5. The van der Waals surface area contributed by atoms with Crippen LogP contribution in [0, 0.1) is 0 Å². The molecule has 0 aliphatic rings. The Kier molecular flexibility index (Phi) is 12.2. The Morgan fingerprint density at radius 3 is 2.08 bits per heavy atom. The molecule has 9 nitrogen and oxygen atoms in total. The van der Waals surface area contributed by atoms with Crippen molar-refractivity contribution in [2.24, 2.45) is 0 Å². The summed E-state index contributed by atoms with van der Waals surface area (Å²) in [5.41, 5.74) is 2.68. The number of thioether (sulfide) groups is 1. The van der Waals surface area contributed by atoms with Crippen LogP contribution in [-0.4, -0.2) is 39.1 Å². The van der Waals surface area contributed by atoms with E-state index < -0.39 is 17.1 Å². The fraction of sp³-hybridized carbons (Fsp3) is 0.103. The summed E-state index contributed by atoms with van der Waals surface area (Å²) in [5, 5.41) is 8.31. The molecule has 3 N–H and O–H groups in total. The molecule has 0 heterocycles. The molecule has 0 aliphatic carbocycles. The Labute approximate surface area is 299 Å². The van der Waals surface area contributed by atoms with Gasteiger partial charge in [0.15, 0.2) is 0 Å². The highest BCUT2D eigenvalue weighted by molar-refractivity contribution is 8.00. The van der Waals surface area contributed by atoms with Crippen LogP contribution in [0.5, 0.6) is 17.2 Å². The van der Waals surface area contributed by atoms with Gasteiger partial charge >= 0.3 is 0 Å². The number of carbonyl (C=O) groups excluding carboxylic acids is 3. The van der Waals surface area contributed by atoms with Crippen LogP contribution in [-0.2, 0) is 9.59 Å². The number of benzene rings is 5. The van der Waals surface area contributed by atoms with Crippen LogP contribution in [0.2, 0.25) is 5.02 Å². The van der Waals surface area contributed by atoms with Gasteiger partial charge in [-0.15, -0.1) is 11.8 Å². The molecule has 5 aromatic carbocycles. The van der Waals surface area contributed by atoms with Gasteiger partial charge in [-0.1, -0.05) is 66.2 Å². The van der Waals surface area contributed by atoms with E-state index >= 15 is 0 Å². The third-order valence-corrected chi connectivity index (χ3v) is 8.92. The molecule has 0 radical (unpaired) electrons. The molecule has 0 spiro atoms. The Hall–Kier alpha value is -5.71. The quantitative estimate of drug-likeness (QED) is 0.0834. The maximum Gasteiger partial charge on any atom is 0.272 e. The molecule has 5 rings (SSSR count). The predicted molar refractivity (Wildman–Crippen MR) is 198 cm³/mol. The maximum absolute atomic E-state index is 13.8. The van der Waals surface area contributed by atoms with E-state index in [1.807, 2.05) is 36.4 Å². The fourth-order valence-corrected chi connectivity index (χ4v) is 6.21. The first-order valence-corrected chi connectivity index (χ1v) is 16.6. The molecule has 0 aliphatic heterocycles. The zero-order valence-electron chi connectivity index (χ0n) is 27.4. The lowest BCUT2D eigenvalue weighted by atomic mass is 10.1. The molecule has 0 bridgehead atoms. The van der Waals surface area contributed by atoms with Gasteiger partial charge in [0.1, 0.15) is 28.2 Å². The van der Waals surface area contributed by atoms with Gasteiger partial charge in [-0.05, 0) is 72.3 Å². The predicted octanol–water partition coefficient (Wildman–Crippen LogP) is 8.25. The first kappa shape index (κ1) is 35.6. The normalized spacial score (nSPS) is 11.6. The van der Waals surface area contributed by atoms with Crippen molar-refractivity contribution in [2.45, 2.75) is 10.1 Å². The third-order valence-electron chi connectivity index (χ3n) is 7.37. The van der Waals surface area contributed by atoms with E-state index in [-0.39, 0.29) is 11.6 Å². The molecule has 11 heteroatoms. The van der Waals surface area contributed by atoms with Crippen LogP contribution >= 0.6 is 23.4 Å². The molecule has 50 heavy (non-hydrogen) atoms. The Morgan fingerprint density at radius 2 is 1.40 bits per heavy atom. The molecule has 254 valence electrons. The number of halogens is 1. The summed E-state index contributed by atoms with van der Waals surface area (Å²) in [6, 6.07) is 35.3. The number of nitrogens with one attached hydrogen (secondary N) is 3. The van der Waals surface area contributed by atoms with E-state index in [2.05, 4.69) is 16.0 Å². The highest BCUT2D eigenvalue weighted by Gasteiger charge is 2.23. The minimum Gasteiger partial charge on any atom is -0.497 e. The summed E-state index contributed by atoms with van der Waals surface area (Å²) >= 11 is 7.61. The zero-order valence-corrected chi connectivity index (χ0v) is 29.0. The summed E-state index contributed by atoms with van der Waals surface area (Å²) in [4.78, 5) is 41.4. The monoisotopic (exact) mass is 707 g/mol. The van der Waals surface area contributed by atoms with Crippen molar-refractivity contribution in [3.63, 3.8) is 0 Å². The molecule has 1 atom stereocenters. The van der Waals surface area contributed by atoms with Gasteiger partial charge in [0, 0.05) is 33.5 Å². The van der Waals surface area contributed by atoms with Crippen LogP contribution in [0.15, 0.2) is 132 Å². The lowest BCUT2D eigenvalue weighted by molar-refractivity contribution is -0.116. The lowest BCUT2D eigenvalue weighted by Gasteiger charge is -2.18. The van der Waals surface area contributed by atoms with Crippen LogP contribution in [0.25, 0.3) is 6.08 Å². The number of hydrogen-bond acceptors (Lipinski definition) is 7. The van der Waals surface area contributed by atoms with Crippen molar-refractivity contribution in [3.8, 4) is 17.2 Å². The first-order chi connectivity index (χ1) is 24.3. The number of amides is 3. The van der Waals surface area contributed by atoms with Crippen molar-refractivity contribution >= 4 is 58.5 Å². The van der Waals surface area contributed by atoms with E-state index in [1.54, 1.807) is 92.0 Å². The molecule has 1 unspecified atom stereocenters. The van der Waals surface area contributed by atoms with E-state index in [0.29, 0.717) is 44.8 Å². The van der Waals surface area contributed by atoms with Crippen molar-refractivity contribution in [3.05, 3.63) is 149 Å². The number of hydrogen-bond donors (Lipinski definition) is 3. The molecule has 0 aromatic heterocycles. The summed E-state index contributed by atoms with van der Waals surface area (Å²) in [6.45, 7) is 0. The molecular weight excluding hydrogens is 674 g/mol.